The topological polar surface area (TPSA) is 43.8 Å². The van der Waals surface area contributed by atoms with Crippen molar-refractivity contribution in [2.45, 2.75) is 34.6 Å². The lowest BCUT2D eigenvalue weighted by atomic mass is 10.2. The Labute approximate surface area is 103 Å². The van der Waals surface area contributed by atoms with E-state index in [2.05, 4.69) is 5.10 Å². The summed E-state index contributed by atoms with van der Waals surface area (Å²) in [5, 5.41) is 4.41. The molecular formula is C14H21N3. The summed E-state index contributed by atoms with van der Waals surface area (Å²) in [6.45, 7) is 10.0. The van der Waals surface area contributed by atoms with Gasteiger partial charge in [0, 0.05) is 5.69 Å². The van der Waals surface area contributed by atoms with Gasteiger partial charge in [-0.15, -0.1) is 0 Å². The first kappa shape index (κ1) is 13.3. The molecule has 17 heavy (non-hydrogen) atoms. The van der Waals surface area contributed by atoms with Crippen LogP contribution in [0.3, 0.4) is 0 Å². The van der Waals surface area contributed by atoms with Gasteiger partial charge in [0.25, 0.3) is 0 Å². The zero-order valence-corrected chi connectivity index (χ0v) is 11.3. The molecule has 0 fully saturated rings. The summed E-state index contributed by atoms with van der Waals surface area (Å²) < 4.78 is 1.88. The summed E-state index contributed by atoms with van der Waals surface area (Å²) in [6.07, 6.45) is 0. The highest BCUT2D eigenvalue weighted by atomic mass is 15.3. The van der Waals surface area contributed by atoms with Crippen molar-refractivity contribution in [1.29, 1.82) is 0 Å². The summed E-state index contributed by atoms with van der Waals surface area (Å²) in [4.78, 5) is 0. The summed E-state index contributed by atoms with van der Waals surface area (Å²) in [5.74, 6) is 0. The van der Waals surface area contributed by atoms with Crippen molar-refractivity contribution in [3.8, 4) is 5.69 Å². The van der Waals surface area contributed by atoms with Crippen LogP contribution in [-0.4, -0.2) is 9.78 Å². The Bertz CT molecular complexity index is 498. The quantitative estimate of drug-likeness (QED) is 0.764. The minimum Gasteiger partial charge on any atom is -0.397 e. The van der Waals surface area contributed by atoms with Crippen LogP contribution in [0.5, 0.6) is 0 Å². The Kier molecular flexibility index (Phi) is 4.32. The predicted molar refractivity (Wildman–Crippen MR) is 73.5 cm³/mol. The van der Waals surface area contributed by atoms with Gasteiger partial charge in [-0.25, -0.2) is 4.68 Å². The molecule has 3 nitrogen and oxygen atoms in total. The number of nitrogens with zero attached hydrogens (tertiary/aromatic N) is 2. The fourth-order valence-electron chi connectivity index (χ4n) is 1.74. The molecule has 0 radical (unpaired) electrons. The lowest BCUT2D eigenvalue weighted by Gasteiger charge is -2.08. The maximum Gasteiger partial charge on any atom is 0.0878 e. The number of hydrogen-bond acceptors (Lipinski definition) is 2. The summed E-state index contributed by atoms with van der Waals surface area (Å²) in [6, 6.07) is 8.05. The van der Waals surface area contributed by atoms with Crippen LogP contribution in [0.2, 0.25) is 0 Å². The Morgan fingerprint density at radius 1 is 1.06 bits per heavy atom. The zero-order chi connectivity index (χ0) is 13.0. The lowest BCUT2D eigenvalue weighted by Crippen LogP contribution is -2.03. The summed E-state index contributed by atoms with van der Waals surface area (Å²) in [7, 11) is 0. The van der Waals surface area contributed by atoms with E-state index in [-0.39, 0.29) is 0 Å². The molecule has 0 saturated heterocycles. The molecule has 1 aromatic heterocycles. The van der Waals surface area contributed by atoms with Crippen LogP contribution < -0.4 is 5.73 Å². The average molecular weight is 231 g/mol. The molecule has 3 heteroatoms. The van der Waals surface area contributed by atoms with Gasteiger partial charge in [-0.2, -0.15) is 5.10 Å². The molecule has 92 valence electrons. The van der Waals surface area contributed by atoms with Crippen molar-refractivity contribution in [2.75, 3.05) is 5.73 Å². The van der Waals surface area contributed by atoms with Gasteiger partial charge in [0.15, 0.2) is 0 Å². The van der Waals surface area contributed by atoms with Crippen LogP contribution in [0, 0.1) is 20.8 Å². The summed E-state index contributed by atoms with van der Waals surface area (Å²) in [5.41, 5.74) is 11.0. The third kappa shape index (κ3) is 2.87. The number of benzene rings is 1. The smallest absolute Gasteiger partial charge is 0.0878 e. The standard InChI is InChI=1S/C12H15N3.C2H6/c1-8-4-5-12(11(13)6-8)15-10(3)7-9(2)14-15;1-2/h4-7H,13H2,1-3H3;1-2H3. The molecule has 0 aliphatic heterocycles. The van der Waals surface area contributed by atoms with Gasteiger partial charge in [0.2, 0.25) is 0 Å². The molecule has 1 heterocycles. The number of nitrogen functional groups attached to an aromatic ring is 1. The summed E-state index contributed by atoms with van der Waals surface area (Å²) >= 11 is 0. The third-order valence-corrected chi connectivity index (χ3v) is 2.42. The second kappa shape index (κ2) is 5.53. The van der Waals surface area contributed by atoms with Crippen molar-refractivity contribution in [2.24, 2.45) is 0 Å². The second-order valence-corrected chi connectivity index (χ2v) is 3.90. The van der Waals surface area contributed by atoms with E-state index < -0.39 is 0 Å². The predicted octanol–water partition coefficient (Wildman–Crippen LogP) is 3.41. The van der Waals surface area contributed by atoms with E-state index in [0.717, 1.165) is 28.3 Å². The van der Waals surface area contributed by atoms with E-state index in [0.29, 0.717) is 0 Å². The molecule has 0 atom stereocenters. The molecule has 0 amide bonds. The van der Waals surface area contributed by atoms with Gasteiger partial charge in [-0.1, -0.05) is 19.9 Å². The Morgan fingerprint density at radius 2 is 1.71 bits per heavy atom. The second-order valence-electron chi connectivity index (χ2n) is 3.90. The highest BCUT2D eigenvalue weighted by Gasteiger charge is 2.06. The van der Waals surface area contributed by atoms with Crippen LogP contribution in [0.1, 0.15) is 30.8 Å². The van der Waals surface area contributed by atoms with E-state index >= 15 is 0 Å². The average Bonchev–Trinajstić information content (AvgIpc) is 2.61. The maximum absolute atomic E-state index is 5.97. The first-order chi connectivity index (χ1) is 8.08. The molecule has 0 bridgehead atoms. The van der Waals surface area contributed by atoms with Gasteiger partial charge in [0.1, 0.15) is 0 Å². The van der Waals surface area contributed by atoms with Crippen molar-refractivity contribution in [3.63, 3.8) is 0 Å². The number of nitrogens with two attached hydrogens (primary N) is 1. The SMILES string of the molecule is CC.Cc1ccc(-n2nc(C)cc2C)c(N)c1. The molecule has 1 aromatic carbocycles. The molecule has 0 unspecified atom stereocenters. The number of aryl methyl sites for hydroxylation is 3. The van der Waals surface area contributed by atoms with Gasteiger partial charge in [-0.3, -0.25) is 0 Å². The van der Waals surface area contributed by atoms with Crippen LogP contribution in [-0.2, 0) is 0 Å². The first-order valence-corrected chi connectivity index (χ1v) is 5.97. The van der Waals surface area contributed by atoms with Gasteiger partial charge >= 0.3 is 0 Å². The molecule has 0 aliphatic rings. The largest absolute Gasteiger partial charge is 0.397 e. The third-order valence-electron chi connectivity index (χ3n) is 2.42. The van der Waals surface area contributed by atoms with E-state index in [9.17, 15) is 0 Å². The van der Waals surface area contributed by atoms with Gasteiger partial charge in [0.05, 0.1) is 17.1 Å². The molecule has 2 aromatic rings. The van der Waals surface area contributed by atoms with Crippen molar-refractivity contribution < 1.29 is 0 Å². The number of aromatic nitrogens is 2. The van der Waals surface area contributed by atoms with Crippen LogP contribution in [0.25, 0.3) is 5.69 Å². The fourth-order valence-corrected chi connectivity index (χ4v) is 1.74. The van der Waals surface area contributed by atoms with Crippen LogP contribution in [0.4, 0.5) is 5.69 Å². The monoisotopic (exact) mass is 231 g/mol. The van der Waals surface area contributed by atoms with Crippen molar-refractivity contribution >= 4 is 5.69 Å². The minimum absolute atomic E-state index is 0.765. The van der Waals surface area contributed by atoms with Crippen LogP contribution in [0.15, 0.2) is 24.3 Å². The first-order valence-electron chi connectivity index (χ1n) is 5.97. The molecule has 0 aliphatic carbocycles. The zero-order valence-electron chi connectivity index (χ0n) is 11.3. The Hall–Kier alpha value is -1.77. The van der Waals surface area contributed by atoms with Gasteiger partial charge in [-0.05, 0) is 44.5 Å². The van der Waals surface area contributed by atoms with Gasteiger partial charge < -0.3 is 5.73 Å². The van der Waals surface area contributed by atoms with Crippen LogP contribution >= 0.6 is 0 Å². The van der Waals surface area contributed by atoms with E-state index in [1.807, 2.05) is 63.6 Å². The van der Waals surface area contributed by atoms with Crippen molar-refractivity contribution in [3.05, 3.63) is 41.2 Å². The van der Waals surface area contributed by atoms with E-state index in [4.69, 9.17) is 5.73 Å². The number of rotatable bonds is 1. The lowest BCUT2D eigenvalue weighted by molar-refractivity contribution is 0.835. The fraction of sp³-hybridized carbons (Fsp3) is 0.357. The normalized spacial score (nSPS) is 9.71. The number of anilines is 1. The Balaban J connectivity index is 0.000000686. The molecule has 0 saturated carbocycles. The highest BCUT2D eigenvalue weighted by Crippen LogP contribution is 2.20. The minimum atomic E-state index is 0.765. The molecule has 2 rings (SSSR count). The molecular weight excluding hydrogens is 210 g/mol. The number of hydrogen-bond donors (Lipinski definition) is 1. The maximum atomic E-state index is 5.97. The van der Waals surface area contributed by atoms with E-state index in [1.165, 1.54) is 0 Å². The van der Waals surface area contributed by atoms with E-state index in [1.54, 1.807) is 0 Å². The van der Waals surface area contributed by atoms with Crippen molar-refractivity contribution in [1.82, 2.24) is 9.78 Å². The molecule has 0 spiro atoms. The highest BCUT2D eigenvalue weighted by molar-refractivity contribution is 5.59. The Morgan fingerprint density at radius 3 is 2.18 bits per heavy atom. The molecule has 2 N–H and O–H groups in total.